The van der Waals surface area contributed by atoms with E-state index in [9.17, 15) is 8.42 Å². The number of hydrogen-bond donors (Lipinski definition) is 1. The fourth-order valence-corrected chi connectivity index (χ4v) is 3.60. The van der Waals surface area contributed by atoms with Gasteiger partial charge in [0, 0.05) is 25.3 Å². The second kappa shape index (κ2) is 7.77. The Morgan fingerprint density at radius 1 is 1.33 bits per heavy atom. The van der Waals surface area contributed by atoms with Crippen LogP contribution in [0.5, 0.6) is 0 Å². The minimum absolute atomic E-state index is 0.102. The number of anilines is 1. The molecule has 0 aromatic heterocycles. The largest absolute Gasteiger partial charge is 0.373 e. The lowest BCUT2D eigenvalue weighted by Crippen LogP contribution is -2.47. The number of nitrogens with one attached hydrogen (secondary N) is 1. The third-order valence-electron chi connectivity index (χ3n) is 3.56. The van der Waals surface area contributed by atoms with Crippen molar-refractivity contribution in [2.24, 2.45) is 0 Å². The second-order valence-corrected chi connectivity index (χ2v) is 7.22. The van der Waals surface area contributed by atoms with E-state index >= 15 is 0 Å². The maximum atomic E-state index is 11.8. The van der Waals surface area contributed by atoms with Crippen LogP contribution in [0.2, 0.25) is 0 Å². The smallest absolute Gasteiger partial charge is 0.211 e. The Hall–Kier alpha value is -1.11. The predicted molar refractivity (Wildman–Crippen MR) is 85.1 cm³/mol. The number of rotatable bonds is 7. The van der Waals surface area contributed by atoms with Crippen molar-refractivity contribution in [1.29, 1.82) is 0 Å². The summed E-state index contributed by atoms with van der Waals surface area (Å²) in [5.41, 5.74) is 1.15. The van der Waals surface area contributed by atoms with Crippen LogP contribution >= 0.6 is 0 Å². The highest BCUT2D eigenvalue weighted by atomic mass is 32.2. The molecule has 118 valence electrons. The molecule has 1 aromatic carbocycles. The number of para-hydroxylation sites is 1. The van der Waals surface area contributed by atoms with Crippen LogP contribution in [0, 0.1) is 0 Å². The van der Waals surface area contributed by atoms with Gasteiger partial charge >= 0.3 is 0 Å². The fraction of sp³-hybridized carbons (Fsp3) is 0.600. The van der Waals surface area contributed by atoms with E-state index in [-0.39, 0.29) is 11.9 Å². The van der Waals surface area contributed by atoms with Crippen LogP contribution in [0.15, 0.2) is 30.3 Å². The molecular formula is C15H24N2O3S. The first-order chi connectivity index (χ1) is 10.1. The van der Waals surface area contributed by atoms with Crippen LogP contribution in [0.3, 0.4) is 0 Å². The Balaban J connectivity index is 1.84. The van der Waals surface area contributed by atoms with Crippen molar-refractivity contribution >= 4 is 15.7 Å². The first-order valence-electron chi connectivity index (χ1n) is 7.49. The zero-order valence-corrected chi connectivity index (χ0v) is 13.3. The second-order valence-electron chi connectivity index (χ2n) is 5.30. The third kappa shape index (κ3) is 5.30. The van der Waals surface area contributed by atoms with Crippen LogP contribution < -0.4 is 9.62 Å². The van der Waals surface area contributed by atoms with Gasteiger partial charge in [-0.15, -0.1) is 0 Å². The van der Waals surface area contributed by atoms with Crippen LogP contribution in [0.1, 0.15) is 19.8 Å². The SMILES string of the molecule is CCCCS(=O)(=O)NCC1CN(c2ccccc2)CCO1. The molecule has 21 heavy (non-hydrogen) atoms. The summed E-state index contributed by atoms with van der Waals surface area (Å²) in [6.45, 7) is 4.49. The molecule has 1 fully saturated rings. The van der Waals surface area contributed by atoms with E-state index < -0.39 is 10.0 Å². The van der Waals surface area contributed by atoms with Gasteiger partial charge in [-0.1, -0.05) is 31.5 Å². The molecule has 0 amide bonds. The topological polar surface area (TPSA) is 58.6 Å². The highest BCUT2D eigenvalue weighted by Crippen LogP contribution is 2.16. The normalized spacial score (nSPS) is 19.7. The molecule has 0 spiro atoms. The van der Waals surface area contributed by atoms with Crippen molar-refractivity contribution in [1.82, 2.24) is 4.72 Å². The Morgan fingerprint density at radius 3 is 2.81 bits per heavy atom. The molecular weight excluding hydrogens is 288 g/mol. The minimum atomic E-state index is -3.17. The number of sulfonamides is 1. The van der Waals surface area contributed by atoms with Crippen LogP contribution in [0.4, 0.5) is 5.69 Å². The highest BCUT2D eigenvalue weighted by Gasteiger charge is 2.22. The van der Waals surface area contributed by atoms with Crippen molar-refractivity contribution in [2.45, 2.75) is 25.9 Å². The van der Waals surface area contributed by atoms with Gasteiger partial charge in [-0.3, -0.25) is 0 Å². The van der Waals surface area contributed by atoms with Crippen molar-refractivity contribution in [3.63, 3.8) is 0 Å². The van der Waals surface area contributed by atoms with E-state index in [4.69, 9.17) is 4.74 Å². The van der Waals surface area contributed by atoms with Crippen LogP contribution in [0.25, 0.3) is 0 Å². The summed E-state index contributed by atoms with van der Waals surface area (Å²) < 4.78 is 31.9. The maximum absolute atomic E-state index is 11.8. The molecule has 1 saturated heterocycles. The average molecular weight is 312 g/mol. The van der Waals surface area contributed by atoms with Crippen LogP contribution in [-0.2, 0) is 14.8 Å². The maximum Gasteiger partial charge on any atom is 0.211 e. The molecule has 1 N–H and O–H groups in total. The number of benzene rings is 1. The first-order valence-corrected chi connectivity index (χ1v) is 9.15. The van der Waals surface area contributed by atoms with Crippen molar-refractivity contribution in [3.8, 4) is 0 Å². The fourth-order valence-electron chi connectivity index (χ4n) is 2.34. The summed E-state index contributed by atoms with van der Waals surface area (Å²) in [4.78, 5) is 2.23. The molecule has 2 rings (SSSR count). The molecule has 1 unspecified atom stereocenters. The van der Waals surface area contributed by atoms with Gasteiger partial charge in [0.1, 0.15) is 0 Å². The van der Waals surface area contributed by atoms with Crippen molar-refractivity contribution in [3.05, 3.63) is 30.3 Å². The summed E-state index contributed by atoms with van der Waals surface area (Å²) in [5, 5.41) is 0. The third-order valence-corrected chi connectivity index (χ3v) is 4.99. The molecule has 0 radical (unpaired) electrons. The van der Waals surface area contributed by atoms with E-state index in [1.54, 1.807) is 0 Å². The number of unbranched alkanes of at least 4 members (excludes halogenated alkanes) is 1. The number of ether oxygens (including phenoxy) is 1. The monoisotopic (exact) mass is 312 g/mol. The van der Waals surface area contributed by atoms with Gasteiger partial charge in [-0.05, 0) is 18.6 Å². The Kier molecular flexibility index (Phi) is 6.02. The summed E-state index contributed by atoms with van der Waals surface area (Å²) in [7, 11) is -3.17. The van der Waals surface area contributed by atoms with Crippen molar-refractivity contribution < 1.29 is 13.2 Å². The molecule has 0 aliphatic carbocycles. The minimum Gasteiger partial charge on any atom is -0.373 e. The summed E-state index contributed by atoms with van der Waals surface area (Å²) >= 11 is 0. The Bertz CT molecular complexity index is 519. The van der Waals surface area contributed by atoms with E-state index in [1.807, 2.05) is 25.1 Å². The van der Waals surface area contributed by atoms with Gasteiger partial charge in [0.05, 0.1) is 18.5 Å². The van der Waals surface area contributed by atoms with E-state index in [1.165, 1.54) is 0 Å². The van der Waals surface area contributed by atoms with Gasteiger partial charge in [0.15, 0.2) is 0 Å². The summed E-state index contributed by atoms with van der Waals surface area (Å²) in [6, 6.07) is 10.1. The number of hydrogen-bond acceptors (Lipinski definition) is 4. The lowest BCUT2D eigenvalue weighted by molar-refractivity contribution is 0.0442. The van der Waals surface area contributed by atoms with Gasteiger partial charge in [-0.2, -0.15) is 0 Å². The molecule has 0 saturated carbocycles. The van der Waals surface area contributed by atoms with E-state index in [0.29, 0.717) is 26.1 Å². The molecule has 1 aromatic rings. The van der Waals surface area contributed by atoms with Gasteiger partial charge in [0.2, 0.25) is 10.0 Å². The quantitative estimate of drug-likeness (QED) is 0.831. The molecule has 1 atom stereocenters. The molecule has 1 aliphatic heterocycles. The van der Waals surface area contributed by atoms with E-state index in [0.717, 1.165) is 18.7 Å². The lowest BCUT2D eigenvalue weighted by Gasteiger charge is -2.34. The molecule has 0 bridgehead atoms. The summed E-state index contributed by atoms with van der Waals surface area (Å²) in [6.07, 6.45) is 1.47. The van der Waals surface area contributed by atoms with Gasteiger partial charge in [0.25, 0.3) is 0 Å². The summed E-state index contributed by atoms with van der Waals surface area (Å²) in [5.74, 6) is 0.193. The van der Waals surface area contributed by atoms with Gasteiger partial charge in [-0.25, -0.2) is 13.1 Å². The Labute approximate surface area is 127 Å². The lowest BCUT2D eigenvalue weighted by atomic mass is 10.2. The predicted octanol–water partition coefficient (Wildman–Crippen LogP) is 1.61. The highest BCUT2D eigenvalue weighted by molar-refractivity contribution is 7.89. The number of morpholine rings is 1. The Morgan fingerprint density at radius 2 is 2.10 bits per heavy atom. The molecule has 1 aliphatic rings. The van der Waals surface area contributed by atoms with Crippen molar-refractivity contribution in [2.75, 3.05) is 36.9 Å². The number of nitrogens with zero attached hydrogens (tertiary/aromatic N) is 1. The van der Waals surface area contributed by atoms with Crippen LogP contribution in [-0.4, -0.2) is 46.5 Å². The average Bonchev–Trinajstić information content (AvgIpc) is 2.52. The standard InChI is InChI=1S/C15H24N2O3S/c1-2-3-11-21(18,19)16-12-15-13-17(9-10-20-15)14-7-5-4-6-8-14/h4-8,15-16H,2-3,9-13H2,1H3. The zero-order valence-electron chi connectivity index (χ0n) is 12.5. The molecule has 6 heteroatoms. The van der Waals surface area contributed by atoms with Gasteiger partial charge < -0.3 is 9.64 Å². The molecule has 5 nitrogen and oxygen atoms in total. The zero-order chi connectivity index (χ0) is 15.1. The first kappa shape index (κ1) is 16.3. The molecule has 1 heterocycles. The van der Waals surface area contributed by atoms with E-state index in [2.05, 4.69) is 21.8 Å².